The fraction of sp³-hybridized carbons (Fsp3) is 0.667. The molecule has 1 unspecified atom stereocenters. The summed E-state index contributed by atoms with van der Waals surface area (Å²) in [5, 5.41) is 6.96. The van der Waals surface area contributed by atoms with E-state index in [1.54, 1.807) is 0 Å². The van der Waals surface area contributed by atoms with Gasteiger partial charge in [0.25, 0.3) is 0 Å². The number of aryl methyl sites for hydroxylation is 1. The lowest BCUT2D eigenvalue weighted by atomic mass is 10.5. The van der Waals surface area contributed by atoms with Gasteiger partial charge in [-0.25, -0.2) is 4.98 Å². The number of hydrogen-bond acceptors (Lipinski definition) is 3. The van der Waals surface area contributed by atoms with E-state index in [0.717, 1.165) is 12.2 Å². The van der Waals surface area contributed by atoms with E-state index in [2.05, 4.69) is 15.2 Å². The lowest BCUT2D eigenvalue weighted by Gasteiger charge is -1.86. The van der Waals surface area contributed by atoms with Gasteiger partial charge in [-0.05, 0) is 0 Å². The minimum Gasteiger partial charge on any atom is -0.262 e. The van der Waals surface area contributed by atoms with E-state index >= 15 is 0 Å². The second-order valence-corrected chi connectivity index (χ2v) is 3.69. The molecule has 4 nitrogen and oxygen atoms in total. The Bertz CT molecular complexity index is 258. The topological polar surface area (TPSA) is 58.6 Å². The molecule has 0 saturated heterocycles. The average molecular weight is 173 g/mol. The van der Waals surface area contributed by atoms with Gasteiger partial charge < -0.3 is 0 Å². The summed E-state index contributed by atoms with van der Waals surface area (Å²) in [4.78, 5) is 4.03. The van der Waals surface area contributed by atoms with Crippen molar-refractivity contribution in [3.8, 4) is 0 Å². The molecular weight excluding hydrogens is 162 g/mol. The first-order valence-corrected chi connectivity index (χ1v) is 4.89. The Kier molecular flexibility index (Phi) is 2.76. The SMILES string of the molecule is CCc1nc(S(=O)CC)n[nH]1. The highest BCUT2D eigenvalue weighted by Crippen LogP contribution is 1.98. The first-order chi connectivity index (χ1) is 5.27. The molecule has 5 heteroatoms. The number of aromatic nitrogens is 3. The third-order valence-electron chi connectivity index (χ3n) is 1.31. The molecule has 1 aromatic heterocycles. The van der Waals surface area contributed by atoms with Gasteiger partial charge in [-0.1, -0.05) is 13.8 Å². The standard InChI is InChI=1S/C6H11N3OS/c1-3-5-7-6(9-8-5)11(10)4-2/h3-4H2,1-2H3,(H,7,8,9). The third kappa shape index (κ3) is 1.86. The summed E-state index contributed by atoms with van der Waals surface area (Å²) in [5.41, 5.74) is 0. The molecule has 62 valence electrons. The number of aromatic amines is 1. The van der Waals surface area contributed by atoms with E-state index in [4.69, 9.17) is 0 Å². The maximum Gasteiger partial charge on any atom is 0.238 e. The molecule has 1 heterocycles. The highest BCUT2D eigenvalue weighted by Gasteiger charge is 2.06. The molecule has 0 amide bonds. The van der Waals surface area contributed by atoms with Gasteiger partial charge in [0.1, 0.15) is 5.82 Å². The molecule has 0 aliphatic carbocycles. The predicted molar refractivity (Wildman–Crippen MR) is 42.7 cm³/mol. The average Bonchev–Trinajstić information content (AvgIpc) is 2.50. The van der Waals surface area contributed by atoms with Gasteiger partial charge in [-0.3, -0.25) is 9.31 Å². The lowest BCUT2D eigenvalue weighted by Crippen LogP contribution is -1.96. The second kappa shape index (κ2) is 3.61. The fourth-order valence-electron chi connectivity index (χ4n) is 0.667. The molecule has 0 bridgehead atoms. The lowest BCUT2D eigenvalue weighted by molar-refractivity contribution is 0.677. The Morgan fingerprint density at radius 2 is 2.27 bits per heavy atom. The molecule has 1 atom stereocenters. The zero-order chi connectivity index (χ0) is 8.27. The maximum atomic E-state index is 11.1. The van der Waals surface area contributed by atoms with Gasteiger partial charge in [0.05, 0.1) is 10.8 Å². The van der Waals surface area contributed by atoms with Gasteiger partial charge >= 0.3 is 0 Å². The van der Waals surface area contributed by atoms with Crippen molar-refractivity contribution < 1.29 is 4.21 Å². The van der Waals surface area contributed by atoms with E-state index in [0.29, 0.717) is 10.9 Å². The Morgan fingerprint density at radius 1 is 1.55 bits per heavy atom. The summed E-state index contributed by atoms with van der Waals surface area (Å²) in [6.07, 6.45) is 0.800. The monoisotopic (exact) mass is 173 g/mol. The largest absolute Gasteiger partial charge is 0.262 e. The number of hydrogen-bond donors (Lipinski definition) is 1. The molecule has 0 aliphatic rings. The summed E-state index contributed by atoms with van der Waals surface area (Å²) in [6.45, 7) is 3.82. The quantitative estimate of drug-likeness (QED) is 0.724. The van der Waals surface area contributed by atoms with Crippen LogP contribution in [0.15, 0.2) is 5.16 Å². The van der Waals surface area contributed by atoms with Gasteiger partial charge in [0, 0.05) is 12.2 Å². The van der Waals surface area contributed by atoms with Crippen molar-refractivity contribution in [3.63, 3.8) is 0 Å². The number of H-pyrrole nitrogens is 1. The van der Waals surface area contributed by atoms with Crippen LogP contribution in [0.2, 0.25) is 0 Å². The van der Waals surface area contributed by atoms with Gasteiger partial charge in [-0.2, -0.15) is 0 Å². The first kappa shape index (κ1) is 8.39. The van der Waals surface area contributed by atoms with Crippen LogP contribution in [0, 0.1) is 0 Å². The van der Waals surface area contributed by atoms with Gasteiger partial charge in [0.2, 0.25) is 5.16 Å². The minimum atomic E-state index is -1.02. The Balaban J connectivity index is 2.80. The summed E-state index contributed by atoms with van der Waals surface area (Å²) < 4.78 is 11.1. The molecule has 11 heavy (non-hydrogen) atoms. The Morgan fingerprint density at radius 3 is 2.73 bits per heavy atom. The first-order valence-electron chi connectivity index (χ1n) is 3.57. The molecule has 0 fully saturated rings. The molecule has 1 rings (SSSR count). The third-order valence-corrected chi connectivity index (χ3v) is 2.43. The van der Waals surface area contributed by atoms with Crippen LogP contribution in [0.5, 0.6) is 0 Å². The molecule has 0 aliphatic heterocycles. The molecule has 0 saturated carbocycles. The molecule has 0 spiro atoms. The molecular formula is C6H11N3OS. The molecule has 0 aromatic carbocycles. The van der Waals surface area contributed by atoms with Gasteiger partial charge in [-0.15, -0.1) is 5.10 Å². The van der Waals surface area contributed by atoms with Crippen LogP contribution in [0.1, 0.15) is 19.7 Å². The van der Waals surface area contributed by atoms with Crippen LogP contribution in [0.25, 0.3) is 0 Å². The van der Waals surface area contributed by atoms with E-state index < -0.39 is 10.8 Å². The van der Waals surface area contributed by atoms with Crippen LogP contribution in [-0.2, 0) is 17.2 Å². The van der Waals surface area contributed by atoms with E-state index in [-0.39, 0.29) is 0 Å². The smallest absolute Gasteiger partial charge is 0.238 e. The van der Waals surface area contributed by atoms with Crippen LogP contribution >= 0.6 is 0 Å². The number of nitrogens with zero attached hydrogens (tertiary/aromatic N) is 2. The summed E-state index contributed by atoms with van der Waals surface area (Å²) in [5.74, 6) is 1.36. The van der Waals surface area contributed by atoms with E-state index in [1.165, 1.54) is 0 Å². The predicted octanol–water partition coefficient (Wildman–Crippen LogP) is 0.495. The van der Waals surface area contributed by atoms with E-state index in [1.807, 2.05) is 13.8 Å². The summed E-state index contributed by atoms with van der Waals surface area (Å²) in [6, 6.07) is 0. The fourth-order valence-corrected chi connectivity index (χ4v) is 1.28. The molecule has 1 aromatic rings. The normalized spacial score (nSPS) is 13.3. The van der Waals surface area contributed by atoms with Crippen LogP contribution in [0.4, 0.5) is 0 Å². The zero-order valence-corrected chi connectivity index (χ0v) is 7.44. The number of nitrogens with one attached hydrogen (secondary N) is 1. The van der Waals surface area contributed by atoms with Crippen molar-refractivity contribution >= 4 is 10.8 Å². The minimum absolute atomic E-state index is 0.421. The summed E-state index contributed by atoms with van der Waals surface area (Å²) in [7, 11) is -1.02. The van der Waals surface area contributed by atoms with Crippen LogP contribution in [-0.4, -0.2) is 25.1 Å². The molecule has 1 N–H and O–H groups in total. The van der Waals surface area contributed by atoms with Crippen LogP contribution < -0.4 is 0 Å². The van der Waals surface area contributed by atoms with Crippen molar-refractivity contribution in [2.24, 2.45) is 0 Å². The van der Waals surface area contributed by atoms with Crippen molar-refractivity contribution in [1.29, 1.82) is 0 Å². The van der Waals surface area contributed by atoms with Crippen molar-refractivity contribution in [2.75, 3.05) is 5.75 Å². The Hall–Kier alpha value is -0.710. The van der Waals surface area contributed by atoms with Crippen molar-refractivity contribution in [2.45, 2.75) is 25.4 Å². The van der Waals surface area contributed by atoms with Gasteiger partial charge in [0.15, 0.2) is 0 Å². The van der Waals surface area contributed by atoms with E-state index in [9.17, 15) is 4.21 Å². The van der Waals surface area contributed by atoms with Crippen molar-refractivity contribution in [3.05, 3.63) is 5.82 Å². The number of rotatable bonds is 3. The maximum absolute atomic E-state index is 11.1. The highest BCUT2D eigenvalue weighted by molar-refractivity contribution is 7.84. The second-order valence-electron chi connectivity index (χ2n) is 2.05. The zero-order valence-electron chi connectivity index (χ0n) is 6.63. The van der Waals surface area contributed by atoms with Crippen molar-refractivity contribution in [1.82, 2.24) is 15.2 Å². The summed E-state index contributed by atoms with van der Waals surface area (Å²) >= 11 is 0. The molecule has 0 radical (unpaired) electrons. The highest BCUT2D eigenvalue weighted by atomic mass is 32.2. The Labute approximate surface area is 67.9 Å². The van der Waals surface area contributed by atoms with Crippen LogP contribution in [0.3, 0.4) is 0 Å².